The van der Waals surface area contributed by atoms with Crippen molar-refractivity contribution in [2.45, 2.75) is 59.2 Å². The summed E-state index contributed by atoms with van der Waals surface area (Å²) in [7, 11) is 0. The number of fused-ring (bicyclic) bond motifs is 1. The molecule has 25 heavy (non-hydrogen) atoms. The van der Waals surface area contributed by atoms with Crippen molar-refractivity contribution < 1.29 is 14.3 Å². The van der Waals surface area contributed by atoms with Crippen molar-refractivity contribution in [2.24, 2.45) is 0 Å². The summed E-state index contributed by atoms with van der Waals surface area (Å²) >= 11 is 0. The number of hydrogen-bond donors (Lipinski definition) is 2. The minimum Gasteiger partial charge on any atom is -0.444 e. The molecular weight excluding hydrogens is 320 g/mol. The summed E-state index contributed by atoms with van der Waals surface area (Å²) in [6, 6.07) is 3.91. The van der Waals surface area contributed by atoms with E-state index in [1.54, 1.807) is 34.6 Å². The second-order valence-corrected chi connectivity index (χ2v) is 7.64. The first-order chi connectivity index (χ1) is 11.5. The predicted molar refractivity (Wildman–Crippen MR) is 95.2 cm³/mol. The number of carbonyl (C=O) groups is 2. The SMILES string of the molecule is Cc1ccc2nc(CNC(=O)C(C)(C)NC(=O)OC(C)(C)C)cn2c1. The molecule has 0 aliphatic rings. The summed E-state index contributed by atoms with van der Waals surface area (Å²) in [5, 5.41) is 5.38. The number of pyridine rings is 1. The third-order valence-corrected chi connectivity index (χ3v) is 3.46. The molecule has 0 aliphatic heterocycles. The van der Waals surface area contributed by atoms with E-state index in [1.165, 1.54) is 0 Å². The topological polar surface area (TPSA) is 84.7 Å². The van der Waals surface area contributed by atoms with Crippen LogP contribution in [-0.4, -0.2) is 32.5 Å². The van der Waals surface area contributed by atoms with Crippen LogP contribution in [0.3, 0.4) is 0 Å². The molecule has 7 nitrogen and oxygen atoms in total. The normalized spacial score (nSPS) is 12.1. The van der Waals surface area contributed by atoms with E-state index in [0.29, 0.717) is 0 Å². The van der Waals surface area contributed by atoms with E-state index in [4.69, 9.17) is 4.74 Å². The highest BCUT2D eigenvalue weighted by Gasteiger charge is 2.31. The molecule has 0 fully saturated rings. The van der Waals surface area contributed by atoms with Crippen LogP contribution in [0.25, 0.3) is 5.65 Å². The van der Waals surface area contributed by atoms with Gasteiger partial charge in [0.1, 0.15) is 16.8 Å². The molecule has 2 aromatic rings. The molecule has 136 valence electrons. The first kappa shape index (κ1) is 18.8. The van der Waals surface area contributed by atoms with Crippen LogP contribution in [0.4, 0.5) is 4.79 Å². The van der Waals surface area contributed by atoms with Crippen LogP contribution in [0.1, 0.15) is 45.9 Å². The average molecular weight is 346 g/mol. The van der Waals surface area contributed by atoms with E-state index in [-0.39, 0.29) is 12.5 Å². The molecule has 0 spiro atoms. The van der Waals surface area contributed by atoms with E-state index < -0.39 is 17.2 Å². The van der Waals surface area contributed by atoms with E-state index in [9.17, 15) is 9.59 Å². The van der Waals surface area contributed by atoms with E-state index in [2.05, 4.69) is 15.6 Å². The van der Waals surface area contributed by atoms with Crippen molar-refractivity contribution in [3.05, 3.63) is 35.8 Å². The molecule has 0 atom stereocenters. The smallest absolute Gasteiger partial charge is 0.408 e. The Hall–Kier alpha value is -2.57. The molecule has 7 heteroatoms. The van der Waals surface area contributed by atoms with Crippen LogP contribution in [0.5, 0.6) is 0 Å². The lowest BCUT2D eigenvalue weighted by molar-refractivity contribution is -0.126. The Balaban J connectivity index is 1.96. The van der Waals surface area contributed by atoms with Crippen molar-refractivity contribution >= 4 is 17.6 Å². The monoisotopic (exact) mass is 346 g/mol. The number of hydrogen-bond acceptors (Lipinski definition) is 4. The van der Waals surface area contributed by atoms with Crippen molar-refractivity contribution in [1.82, 2.24) is 20.0 Å². The number of rotatable bonds is 4. The highest BCUT2D eigenvalue weighted by molar-refractivity contribution is 5.89. The van der Waals surface area contributed by atoms with Crippen molar-refractivity contribution in [2.75, 3.05) is 0 Å². The third-order valence-electron chi connectivity index (χ3n) is 3.46. The first-order valence-corrected chi connectivity index (χ1v) is 8.20. The van der Waals surface area contributed by atoms with Gasteiger partial charge in [-0.15, -0.1) is 0 Å². The second kappa shape index (κ2) is 6.74. The zero-order valence-electron chi connectivity index (χ0n) is 15.6. The number of aryl methyl sites for hydroxylation is 1. The standard InChI is InChI=1S/C18H26N4O3/c1-12-7-8-14-20-13(11-22(14)10-12)9-19-15(23)18(5,6)21-16(24)25-17(2,3)4/h7-8,10-11H,9H2,1-6H3,(H,19,23)(H,21,24). The summed E-state index contributed by atoms with van der Waals surface area (Å²) in [5.41, 5.74) is 0.972. The molecule has 0 bridgehead atoms. The fraction of sp³-hybridized carbons (Fsp3) is 0.500. The Morgan fingerprint density at radius 2 is 1.84 bits per heavy atom. The molecule has 2 amide bonds. The molecular formula is C18H26N4O3. The summed E-state index contributed by atoms with van der Waals surface area (Å²) < 4.78 is 7.11. The predicted octanol–water partition coefficient (Wildman–Crippen LogP) is 2.56. The van der Waals surface area contributed by atoms with Gasteiger partial charge in [-0.2, -0.15) is 0 Å². The van der Waals surface area contributed by atoms with Gasteiger partial charge >= 0.3 is 6.09 Å². The number of nitrogens with zero attached hydrogens (tertiary/aromatic N) is 2. The van der Waals surface area contributed by atoms with Gasteiger partial charge in [0.05, 0.1) is 12.2 Å². The van der Waals surface area contributed by atoms with E-state index in [1.807, 2.05) is 35.9 Å². The molecule has 0 saturated heterocycles. The van der Waals surface area contributed by atoms with Gasteiger partial charge in [0.15, 0.2) is 0 Å². The van der Waals surface area contributed by atoms with Gasteiger partial charge in [-0.1, -0.05) is 6.07 Å². The zero-order chi connectivity index (χ0) is 18.8. The Bertz CT molecular complexity index is 787. The summed E-state index contributed by atoms with van der Waals surface area (Å²) in [5.74, 6) is -0.313. The zero-order valence-corrected chi connectivity index (χ0v) is 15.6. The van der Waals surface area contributed by atoms with Gasteiger partial charge in [-0.05, 0) is 53.2 Å². The largest absolute Gasteiger partial charge is 0.444 e. The minimum atomic E-state index is -1.10. The van der Waals surface area contributed by atoms with Gasteiger partial charge < -0.3 is 19.8 Å². The number of amides is 2. The summed E-state index contributed by atoms with van der Waals surface area (Å²) in [6.45, 7) is 10.8. The van der Waals surface area contributed by atoms with E-state index in [0.717, 1.165) is 16.9 Å². The molecule has 0 radical (unpaired) electrons. The summed E-state index contributed by atoms with van der Waals surface area (Å²) in [6.07, 6.45) is 3.22. The van der Waals surface area contributed by atoms with Crippen LogP contribution < -0.4 is 10.6 Å². The number of imidazole rings is 1. The van der Waals surface area contributed by atoms with Gasteiger partial charge in [0, 0.05) is 12.4 Å². The Labute approximate surface area is 147 Å². The van der Waals surface area contributed by atoms with Gasteiger partial charge in [-0.3, -0.25) is 4.79 Å². The molecule has 0 saturated carbocycles. The number of alkyl carbamates (subject to hydrolysis) is 1. The van der Waals surface area contributed by atoms with Crippen molar-refractivity contribution in [3.63, 3.8) is 0 Å². The Morgan fingerprint density at radius 1 is 1.16 bits per heavy atom. The molecule has 0 aliphatic carbocycles. The van der Waals surface area contributed by atoms with E-state index >= 15 is 0 Å². The molecule has 2 heterocycles. The lowest BCUT2D eigenvalue weighted by Crippen LogP contribution is -2.55. The average Bonchev–Trinajstić information content (AvgIpc) is 2.83. The fourth-order valence-corrected chi connectivity index (χ4v) is 2.25. The van der Waals surface area contributed by atoms with Gasteiger partial charge in [0.2, 0.25) is 5.91 Å². The molecule has 2 aromatic heterocycles. The Kier molecular flexibility index (Phi) is 5.06. The minimum absolute atomic E-state index is 0.277. The lowest BCUT2D eigenvalue weighted by atomic mass is 10.1. The van der Waals surface area contributed by atoms with Gasteiger partial charge in [-0.25, -0.2) is 9.78 Å². The van der Waals surface area contributed by atoms with Crippen molar-refractivity contribution in [1.29, 1.82) is 0 Å². The highest BCUT2D eigenvalue weighted by atomic mass is 16.6. The number of carbonyl (C=O) groups excluding carboxylic acids is 2. The maximum atomic E-state index is 12.4. The van der Waals surface area contributed by atoms with Crippen LogP contribution in [0.2, 0.25) is 0 Å². The maximum Gasteiger partial charge on any atom is 0.408 e. The Morgan fingerprint density at radius 3 is 2.48 bits per heavy atom. The number of ether oxygens (including phenoxy) is 1. The maximum absolute atomic E-state index is 12.4. The van der Waals surface area contributed by atoms with Gasteiger partial charge in [0.25, 0.3) is 0 Å². The first-order valence-electron chi connectivity index (χ1n) is 8.20. The van der Waals surface area contributed by atoms with Crippen LogP contribution in [-0.2, 0) is 16.1 Å². The quantitative estimate of drug-likeness (QED) is 0.891. The highest BCUT2D eigenvalue weighted by Crippen LogP contribution is 2.11. The lowest BCUT2D eigenvalue weighted by Gasteiger charge is -2.27. The van der Waals surface area contributed by atoms with Crippen LogP contribution >= 0.6 is 0 Å². The summed E-state index contributed by atoms with van der Waals surface area (Å²) in [4.78, 5) is 28.7. The van der Waals surface area contributed by atoms with Crippen LogP contribution in [0.15, 0.2) is 24.5 Å². The third kappa shape index (κ3) is 5.20. The fourth-order valence-electron chi connectivity index (χ4n) is 2.25. The molecule has 2 N–H and O–H groups in total. The molecule has 0 aromatic carbocycles. The van der Waals surface area contributed by atoms with Crippen LogP contribution in [0, 0.1) is 6.92 Å². The second-order valence-electron chi connectivity index (χ2n) is 7.64. The van der Waals surface area contributed by atoms with Crippen molar-refractivity contribution in [3.8, 4) is 0 Å². The molecule has 0 unspecified atom stereocenters. The molecule has 2 rings (SSSR count). The number of aromatic nitrogens is 2. The number of nitrogens with one attached hydrogen (secondary N) is 2.